The first kappa shape index (κ1) is 6.42. The van der Waals surface area contributed by atoms with Crippen LogP contribution < -0.4 is 0 Å². The van der Waals surface area contributed by atoms with E-state index < -0.39 is 0 Å². The van der Waals surface area contributed by atoms with Crippen molar-refractivity contribution in [2.45, 2.75) is 13.3 Å². The van der Waals surface area contributed by atoms with Crippen LogP contribution in [0.3, 0.4) is 0 Å². The van der Waals surface area contributed by atoms with E-state index in [1.807, 2.05) is 6.20 Å². The summed E-state index contributed by atoms with van der Waals surface area (Å²) in [5.41, 5.74) is 1.05. The van der Waals surface area contributed by atoms with Crippen LogP contribution in [0, 0.1) is 4.64 Å². The number of nitrogens with zero attached hydrogens (tertiary/aromatic N) is 1. The van der Waals surface area contributed by atoms with Crippen molar-refractivity contribution in [3.05, 3.63) is 22.7 Å². The van der Waals surface area contributed by atoms with Crippen LogP contribution in [-0.4, -0.2) is 9.97 Å². The number of hydrogen-bond donors (Lipinski definition) is 1. The molecule has 0 atom stereocenters. The summed E-state index contributed by atoms with van der Waals surface area (Å²) in [5.74, 6) is 0. The number of aromatic nitrogens is 2. The van der Waals surface area contributed by atoms with Gasteiger partial charge in [0.2, 0.25) is 0 Å². The number of aromatic amines is 1. The summed E-state index contributed by atoms with van der Waals surface area (Å²) in [6.07, 6.45) is 4.45. The van der Waals surface area contributed by atoms with Crippen LogP contribution in [0.5, 0.6) is 0 Å². The number of rotatable bonds is 1. The molecule has 48 valence electrons. The first-order valence-electron chi connectivity index (χ1n) is 2.86. The third kappa shape index (κ3) is 1.61. The Labute approximate surface area is 59.0 Å². The summed E-state index contributed by atoms with van der Waals surface area (Å²) in [4.78, 5) is 6.96. The molecule has 9 heavy (non-hydrogen) atoms. The van der Waals surface area contributed by atoms with Crippen molar-refractivity contribution >= 4 is 12.2 Å². The molecule has 3 heteroatoms. The minimum Gasteiger partial charge on any atom is -0.350 e. The predicted octanol–water partition coefficient (Wildman–Crippen LogP) is 1.70. The molecule has 0 spiro atoms. The normalized spacial score (nSPS) is 9.44. The number of nitrogens with one attached hydrogen (secondary N) is 1. The van der Waals surface area contributed by atoms with Crippen molar-refractivity contribution < 1.29 is 0 Å². The second-order valence-electron chi connectivity index (χ2n) is 1.76. The van der Waals surface area contributed by atoms with Crippen molar-refractivity contribution in [1.29, 1.82) is 0 Å². The smallest absolute Gasteiger partial charge is 0.121 e. The summed E-state index contributed by atoms with van der Waals surface area (Å²) in [6, 6.07) is 0. The molecular formula is C6H8N2S. The van der Waals surface area contributed by atoms with E-state index in [1.165, 1.54) is 0 Å². The third-order valence-corrected chi connectivity index (χ3v) is 1.31. The summed E-state index contributed by atoms with van der Waals surface area (Å²) >= 11 is 4.80. The van der Waals surface area contributed by atoms with Gasteiger partial charge in [0, 0.05) is 6.20 Å². The first-order valence-corrected chi connectivity index (χ1v) is 3.27. The molecule has 0 radical (unpaired) electrons. The maximum atomic E-state index is 4.80. The summed E-state index contributed by atoms with van der Waals surface area (Å²) in [7, 11) is 0. The molecule has 0 bridgehead atoms. The van der Waals surface area contributed by atoms with Crippen molar-refractivity contribution in [1.82, 2.24) is 9.97 Å². The molecule has 0 unspecified atom stereocenters. The predicted molar refractivity (Wildman–Crippen MR) is 38.8 cm³/mol. The Morgan fingerprint density at radius 1 is 1.78 bits per heavy atom. The Morgan fingerprint density at radius 2 is 2.56 bits per heavy atom. The Hall–Kier alpha value is -0.700. The van der Waals surface area contributed by atoms with Crippen LogP contribution in [0.1, 0.15) is 12.6 Å². The SMILES string of the molecule is CCc1c[nH]c(=S)cn1. The van der Waals surface area contributed by atoms with E-state index in [9.17, 15) is 0 Å². The lowest BCUT2D eigenvalue weighted by Crippen LogP contribution is -1.86. The third-order valence-electron chi connectivity index (χ3n) is 1.09. The van der Waals surface area contributed by atoms with E-state index in [-0.39, 0.29) is 0 Å². The second-order valence-corrected chi connectivity index (χ2v) is 2.20. The van der Waals surface area contributed by atoms with Crippen molar-refractivity contribution in [2.24, 2.45) is 0 Å². The maximum absolute atomic E-state index is 4.80. The number of aryl methyl sites for hydroxylation is 1. The molecule has 0 amide bonds. The van der Waals surface area contributed by atoms with E-state index in [2.05, 4.69) is 16.9 Å². The van der Waals surface area contributed by atoms with E-state index >= 15 is 0 Å². The minimum absolute atomic E-state index is 0.687. The molecule has 1 aromatic heterocycles. The fraction of sp³-hybridized carbons (Fsp3) is 0.333. The van der Waals surface area contributed by atoms with Gasteiger partial charge in [-0.3, -0.25) is 4.98 Å². The Kier molecular flexibility index (Phi) is 1.95. The van der Waals surface area contributed by atoms with Crippen LogP contribution in [0.4, 0.5) is 0 Å². The largest absolute Gasteiger partial charge is 0.350 e. The quantitative estimate of drug-likeness (QED) is 0.601. The van der Waals surface area contributed by atoms with Crippen molar-refractivity contribution in [3.8, 4) is 0 Å². The Balaban J connectivity index is 3.02. The lowest BCUT2D eigenvalue weighted by molar-refractivity contribution is 0.993. The van der Waals surface area contributed by atoms with Crippen LogP contribution in [0.15, 0.2) is 12.4 Å². The van der Waals surface area contributed by atoms with Crippen molar-refractivity contribution in [2.75, 3.05) is 0 Å². The second kappa shape index (κ2) is 2.73. The van der Waals surface area contributed by atoms with Gasteiger partial charge in [0.05, 0.1) is 11.9 Å². The van der Waals surface area contributed by atoms with Gasteiger partial charge in [-0.15, -0.1) is 0 Å². The molecule has 1 rings (SSSR count). The number of hydrogen-bond acceptors (Lipinski definition) is 2. The standard InChI is InChI=1S/C6H8N2S/c1-2-5-3-8-6(9)4-7-5/h3-4H,2H2,1H3,(H,8,9). The molecule has 0 aliphatic rings. The molecule has 0 aromatic carbocycles. The fourth-order valence-corrected chi connectivity index (χ4v) is 0.675. The van der Waals surface area contributed by atoms with Crippen LogP contribution in [0.2, 0.25) is 0 Å². The topological polar surface area (TPSA) is 28.7 Å². The highest BCUT2D eigenvalue weighted by molar-refractivity contribution is 7.71. The molecule has 0 aliphatic heterocycles. The molecule has 1 aromatic rings. The molecule has 0 aliphatic carbocycles. The van der Waals surface area contributed by atoms with E-state index in [0.717, 1.165) is 12.1 Å². The van der Waals surface area contributed by atoms with Gasteiger partial charge in [0.15, 0.2) is 0 Å². The van der Waals surface area contributed by atoms with Gasteiger partial charge in [0.1, 0.15) is 4.64 Å². The van der Waals surface area contributed by atoms with E-state index in [0.29, 0.717) is 4.64 Å². The summed E-state index contributed by atoms with van der Waals surface area (Å²) < 4.78 is 0.687. The van der Waals surface area contributed by atoms with Gasteiger partial charge in [-0.1, -0.05) is 19.1 Å². The maximum Gasteiger partial charge on any atom is 0.121 e. The van der Waals surface area contributed by atoms with Crippen molar-refractivity contribution in [3.63, 3.8) is 0 Å². The van der Waals surface area contributed by atoms with E-state index in [4.69, 9.17) is 12.2 Å². The fourth-order valence-electron chi connectivity index (χ4n) is 0.564. The van der Waals surface area contributed by atoms with Gasteiger partial charge >= 0.3 is 0 Å². The zero-order valence-corrected chi connectivity index (χ0v) is 6.03. The van der Waals surface area contributed by atoms with Crippen LogP contribution in [0.25, 0.3) is 0 Å². The monoisotopic (exact) mass is 140 g/mol. The minimum atomic E-state index is 0.687. The van der Waals surface area contributed by atoms with Crippen LogP contribution in [-0.2, 0) is 6.42 Å². The van der Waals surface area contributed by atoms with Gasteiger partial charge < -0.3 is 4.98 Å². The Morgan fingerprint density at radius 3 is 3.00 bits per heavy atom. The molecule has 0 saturated heterocycles. The van der Waals surface area contributed by atoms with E-state index in [1.54, 1.807) is 6.20 Å². The molecule has 0 saturated carbocycles. The molecule has 1 N–H and O–H groups in total. The van der Waals surface area contributed by atoms with Gasteiger partial charge in [-0.05, 0) is 6.42 Å². The van der Waals surface area contributed by atoms with Gasteiger partial charge in [-0.25, -0.2) is 0 Å². The highest BCUT2D eigenvalue weighted by Crippen LogP contribution is 1.90. The molecule has 2 nitrogen and oxygen atoms in total. The zero-order chi connectivity index (χ0) is 6.69. The lowest BCUT2D eigenvalue weighted by Gasteiger charge is -1.90. The highest BCUT2D eigenvalue weighted by Gasteiger charge is 1.84. The lowest BCUT2D eigenvalue weighted by atomic mass is 10.4. The summed E-state index contributed by atoms with van der Waals surface area (Å²) in [6.45, 7) is 2.05. The average molecular weight is 140 g/mol. The molecule has 0 fully saturated rings. The highest BCUT2D eigenvalue weighted by atomic mass is 32.1. The zero-order valence-electron chi connectivity index (χ0n) is 5.22. The first-order chi connectivity index (χ1) is 4.33. The van der Waals surface area contributed by atoms with Gasteiger partial charge in [0.25, 0.3) is 0 Å². The Bertz CT molecular complexity index is 221. The summed E-state index contributed by atoms with van der Waals surface area (Å²) in [5, 5.41) is 0. The average Bonchev–Trinajstić information content (AvgIpc) is 1.90. The number of H-pyrrole nitrogens is 1. The molecule has 1 heterocycles. The van der Waals surface area contributed by atoms with Crippen LogP contribution >= 0.6 is 12.2 Å². The molecular weight excluding hydrogens is 132 g/mol. The van der Waals surface area contributed by atoms with Gasteiger partial charge in [-0.2, -0.15) is 0 Å².